The average Bonchev–Trinajstić information content (AvgIpc) is 2.40. The fraction of sp³-hybridized carbons (Fsp3) is 0.895. The van der Waals surface area contributed by atoms with Gasteiger partial charge < -0.3 is 9.47 Å². The molecule has 1 unspecified atom stereocenters. The van der Waals surface area contributed by atoms with Crippen LogP contribution in [0.3, 0.4) is 0 Å². The summed E-state index contributed by atoms with van der Waals surface area (Å²) in [6.45, 7) is 10.9. The van der Waals surface area contributed by atoms with Crippen molar-refractivity contribution in [2.24, 2.45) is 5.41 Å². The molecule has 1 atom stereocenters. The standard InChI is InChI=1S/C19H36O4/c1-6-7-8-9-10-14-22-17(20)12-11-13-18(21)23-16(2)15-19(3,4)5/h16H,6-15H2,1-5H3. The van der Waals surface area contributed by atoms with Gasteiger partial charge in [0.1, 0.15) is 0 Å². The van der Waals surface area contributed by atoms with Crippen molar-refractivity contribution in [1.29, 1.82) is 0 Å². The average molecular weight is 328 g/mol. The second-order valence-corrected chi connectivity index (χ2v) is 7.55. The zero-order valence-corrected chi connectivity index (χ0v) is 15.8. The maximum absolute atomic E-state index is 11.7. The lowest BCUT2D eigenvalue weighted by Crippen LogP contribution is -2.21. The van der Waals surface area contributed by atoms with Gasteiger partial charge in [-0.1, -0.05) is 53.4 Å². The SMILES string of the molecule is CCCCCCCOC(=O)CCCC(=O)OC(C)CC(C)(C)C. The van der Waals surface area contributed by atoms with Crippen LogP contribution in [0.1, 0.15) is 92.4 Å². The van der Waals surface area contributed by atoms with Crippen LogP contribution in [-0.2, 0) is 19.1 Å². The van der Waals surface area contributed by atoms with Crippen LogP contribution >= 0.6 is 0 Å². The quantitative estimate of drug-likeness (QED) is 0.372. The minimum atomic E-state index is -0.228. The Hall–Kier alpha value is -1.06. The number of hydrogen-bond donors (Lipinski definition) is 0. The molecule has 4 nitrogen and oxygen atoms in total. The van der Waals surface area contributed by atoms with Gasteiger partial charge in [0.25, 0.3) is 0 Å². The Kier molecular flexibility index (Phi) is 11.8. The van der Waals surface area contributed by atoms with Crippen LogP contribution in [0.5, 0.6) is 0 Å². The van der Waals surface area contributed by atoms with Gasteiger partial charge in [-0.15, -0.1) is 0 Å². The molecule has 0 saturated heterocycles. The highest BCUT2D eigenvalue weighted by Crippen LogP contribution is 2.22. The first-order valence-corrected chi connectivity index (χ1v) is 9.09. The van der Waals surface area contributed by atoms with Crippen LogP contribution < -0.4 is 0 Å². The molecule has 23 heavy (non-hydrogen) atoms. The first kappa shape index (κ1) is 21.9. The van der Waals surface area contributed by atoms with Crippen molar-refractivity contribution in [2.75, 3.05) is 6.61 Å². The summed E-state index contributed by atoms with van der Waals surface area (Å²) in [5, 5.41) is 0. The predicted octanol–water partition coefficient (Wildman–Crippen LogP) is 5.04. The van der Waals surface area contributed by atoms with Crippen LogP contribution in [-0.4, -0.2) is 24.6 Å². The van der Waals surface area contributed by atoms with E-state index in [4.69, 9.17) is 9.47 Å². The van der Waals surface area contributed by atoms with Gasteiger partial charge in [-0.05, 0) is 31.6 Å². The van der Waals surface area contributed by atoms with Gasteiger partial charge in [0, 0.05) is 12.8 Å². The monoisotopic (exact) mass is 328 g/mol. The van der Waals surface area contributed by atoms with Gasteiger partial charge in [-0.3, -0.25) is 9.59 Å². The molecule has 0 rings (SSSR count). The molecule has 0 amide bonds. The van der Waals surface area contributed by atoms with Crippen LogP contribution in [0.2, 0.25) is 0 Å². The van der Waals surface area contributed by atoms with E-state index < -0.39 is 0 Å². The Balaban J connectivity index is 3.61. The van der Waals surface area contributed by atoms with Gasteiger partial charge in [-0.25, -0.2) is 0 Å². The fourth-order valence-electron chi connectivity index (χ4n) is 2.53. The second-order valence-electron chi connectivity index (χ2n) is 7.55. The van der Waals surface area contributed by atoms with Crippen molar-refractivity contribution in [3.05, 3.63) is 0 Å². The Morgan fingerprint density at radius 1 is 0.913 bits per heavy atom. The third kappa shape index (κ3) is 15.6. The summed E-state index contributed by atoms with van der Waals surface area (Å²) < 4.78 is 10.5. The van der Waals surface area contributed by atoms with Crippen LogP contribution in [0.15, 0.2) is 0 Å². The highest BCUT2D eigenvalue weighted by molar-refractivity contribution is 5.72. The van der Waals surface area contributed by atoms with E-state index in [1.807, 2.05) is 6.92 Å². The van der Waals surface area contributed by atoms with E-state index in [2.05, 4.69) is 27.7 Å². The first-order chi connectivity index (χ1) is 10.7. The number of hydrogen-bond acceptors (Lipinski definition) is 4. The summed E-state index contributed by atoms with van der Waals surface area (Å²) in [5.41, 5.74) is 0.140. The number of ether oxygens (including phenoxy) is 2. The Morgan fingerprint density at radius 2 is 1.52 bits per heavy atom. The smallest absolute Gasteiger partial charge is 0.306 e. The minimum absolute atomic E-state index is 0.0856. The number of unbranched alkanes of at least 4 members (excludes halogenated alkanes) is 4. The molecule has 0 bridgehead atoms. The van der Waals surface area contributed by atoms with E-state index in [9.17, 15) is 9.59 Å². The lowest BCUT2D eigenvalue weighted by atomic mass is 9.90. The maximum Gasteiger partial charge on any atom is 0.306 e. The van der Waals surface area contributed by atoms with Gasteiger partial charge >= 0.3 is 11.9 Å². The molecule has 0 spiro atoms. The molecule has 0 N–H and O–H groups in total. The summed E-state index contributed by atoms with van der Waals surface area (Å²) >= 11 is 0. The van der Waals surface area contributed by atoms with E-state index in [1.165, 1.54) is 19.3 Å². The van der Waals surface area contributed by atoms with Gasteiger partial charge in [0.15, 0.2) is 0 Å². The van der Waals surface area contributed by atoms with Crippen molar-refractivity contribution in [3.8, 4) is 0 Å². The summed E-state index contributed by atoms with van der Waals surface area (Å²) in [7, 11) is 0. The molecule has 0 saturated carbocycles. The largest absolute Gasteiger partial charge is 0.466 e. The third-order valence-corrected chi connectivity index (χ3v) is 3.51. The number of carbonyl (C=O) groups is 2. The van der Waals surface area contributed by atoms with Gasteiger partial charge in [0.2, 0.25) is 0 Å². The fourth-order valence-corrected chi connectivity index (χ4v) is 2.53. The van der Waals surface area contributed by atoms with E-state index in [-0.39, 0.29) is 36.3 Å². The summed E-state index contributed by atoms with van der Waals surface area (Å²) in [6.07, 6.45) is 7.50. The molecule has 0 aromatic carbocycles. The van der Waals surface area contributed by atoms with Crippen molar-refractivity contribution < 1.29 is 19.1 Å². The normalized spacial score (nSPS) is 12.7. The van der Waals surface area contributed by atoms with Gasteiger partial charge in [0.05, 0.1) is 12.7 Å². The molecule has 0 radical (unpaired) electrons. The number of esters is 2. The molecule has 0 aromatic rings. The van der Waals surface area contributed by atoms with Crippen LogP contribution in [0.4, 0.5) is 0 Å². The molecule has 0 aliphatic rings. The van der Waals surface area contributed by atoms with E-state index in [1.54, 1.807) is 0 Å². The second kappa shape index (κ2) is 12.4. The van der Waals surface area contributed by atoms with Crippen molar-refractivity contribution >= 4 is 11.9 Å². The molecule has 0 aliphatic carbocycles. The highest BCUT2D eigenvalue weighted by Gasteiger charge is 2.18. The minimum Gasteiger partial charge on any atom is -0.466 e. The first-order valence-electron chi connectivity index (χ1n) is 9.09. The van der Waals surface area contributed by atoms with Crippen LogP contribution in [0.25, 0.3) is 0 Å². The molecule has 0 aliphatic heterocycles. The molecule has 0 aromatic heterocycles. The molecule has 136 valence electrons. The molecular formula is C19H36O4. The van der Waals surface area contributed by atoms with Crippen LogP contribution in [0, 0.1) is 5.41 Å². The molecule has 4 heteroatoms. The molecule has 0 heterocycles. The third-order valence-electron chi connectivity index (χ3n) is 3.51. The molecule has 0 fully saturated rings. The lowest BCUT2D eigenvalue weighted by Gasteiger charge is -2.23. The Bertz CT molecular complexity index is 331. The van der Waals surface area contributed by atoms with E-state index >= 15 is 0 Å². The number of carbonyl (C=O) groups excluding carboxylic acids is 2. The summed E-state index contributed by atoms with van der Waals surface area (Å²) in [6, 6.07) is 0. The van der Waals surface area contributed by atoms with Crippen molar-refractivity contribution in [1.82, 2.24) is 0 Å². The van der Waals surface area contributed by atoms with Crippen molar-refractivity contribution in [3.63, 3.8) is 0 Å². The van der Waals surface area contributed by atoms with E-state index in [0.29, 0.717) is 13.0 Å². The predicted molar refractivity (Wildman–Crippen MR) is 93.2 cm³/mol. The zero-order valence-electron chi connectivity index (χ0n) is 15.8. The molecular weight excluding hydrogens is 292 g/mol. The lowest BCUT2D eigenvalue weighted by molar-refractivity contribution is -0.149. The van der Waals surface area contributed by atoms with Gasteiger partial charge in [-0.2, -0.15) is 0 Å². The summed E-state index contributed by atoms with van der Waals surface area (Å²) in [5.74, 6) is -0.440. The Morgan fingerprint density at radius 3 is 2.13 bits per heavy atom. The topological polar surface area (TPSA) is 52.6 Å². The zero-order chi connectivity index (χ0) is 17.7. The number of rotatable bonds is 12. The Labute approximate surface area is 142 Å². The highest BCUT2D eigenvalue weighted by atomic mass is 16.5. The van der Waals surface area contributed by atoms with E-state index in [0.717, 1.165) is 19.3 Å². The van der Waals surface area contributed by atoms with Crippen molar-refractivity contribution in [2.45, 2.75) is 98.5 Å². The summed E-state index contributed by atoms with van der Waals surface area (Å²) in [4.78, 5) is 23.3. The maximum atomic E-state index is 11.7.